The summed E-state index contributed by atoms with van der Waals surface area (Å²) in [6, 6.07) is 0. The van der Waals surface area contributed by atoms with Crippen LogP contribution in [-0.2, 0) is 0 Å². The zero-order valence-electron chi connectivity index (χ0n) is 18.4. The van der Waals surface area contributed by atoms with Gasteiger partial charge in [0.1, 0.15) is 0 Å². The molecule has 0 heterocycles. The molecule has 0 saturated carbocycles. The third kappa shape index (κ3) is 14.1. The normalized spacial score (nSPS) is 15.8. The van der Waals surface area contributed by atoms with E-state index in [0.29, 0.717) is 5.92 Å². The van der Waals surface area contributed by atoms with Crippen LogP contribution in [0.15, 0.2) is 36.0 Å². The van der Waals surface area contributed by atoms with Gasteiger partial charge < -0.3 is 0 Å². The molecular weight excluding hydrogens is 300 g/mol. The molecular formula is C25H46. The van der Waals surface area contributed by atoms with Gasteiger partial charge in [-0.3, -0.25) is 0 Å². The van der Waals surface area contributed by atoms with Crippen molar-refractivity contribution in [2.75, 3.05) is 0 Å². The molecule has 146 valence electrons. The average Bonchev–Trinajstić information content (AvgIpc) is 2.53. The van der Waals surface area contributed by atoms with Gasteiger partial charge in [-0.1, -0.05) is 63.5 Å². The van der Waals surface area contributed by atoms with Crippen molar-refractivity contribution in [3.05, 3.63) is 36.0 Å². The van der Waals surface area contributed by atoms with Crippen molar-refractivity contribution in [2.24, 2.45) is 23.7 Å². The SMILES string of the molecule is C=C[C@H](C)CC[C@@H](CC[C@H](C)CCC=C(C)C)/C(C)=C/CCC(C)C. The molecule has 0 bridgehead atoms. The second kappa shape index (κ2) is 14.4. The maximum absolute atomic E-state index is 3.95. The summed E-state index contributed by atoms with van der Waals surface area (Å²) in [7, 11) is 0. The van der Waals surface area contributed by atoms with E-state index in [0.717, 1.165) is 17.8 Å². The minimum Gasteiger partial charge on any atom is -0.103 e. The molecule has 0 saturated heterocycles. The zero-order chi connectivity index (χ0) is 19.2. The molecule has 3 atom stereocenters. The largest absolute Gasteiger partial charge is 0.103 e. The number of hydrogen-bond donors (Lipinski definition) is 0. The van der Waals surface area contributed by atoms with E-state index in [9.17, 15) is 0 Å². The van der Waals surface area contributed by atoms with Crippen LogP contribution in [0.2, 0.25) is 0 Å². The molecule has 0 fully saturated rings. The number of allylic oxidation sites excluding steroid dienone is 5. The van der Waals surface area contributed by atoms with Gasteiger partial charge in [0.25, 0.3) is 0 Å². The second-order valence-electron chi connectivity index (χ2n) is 8.95. The molecule has 0 aliphatic heterocycles. The molecule has 25 heavy (non-hydrogen) atoms. The Bertz CT molecular complexity index is 392. The molecule has 0 radical (unpaired) electrons. The third-order valence-electron chi connectivity index (χ3n) is 5.45. The van der Waals surface area contributed by atoms with E-state index in [-0.39, 0.29) is 0 Å². The predicted octanol–water partition coefficient (Wildman–Crippen LogP) is 8.75. The maximum atomic E-state index is 3.95. The summed E-state index contributed by atoms with van der Waals surface area (Å²) in [6.07, 6.45) is 17.4. The molecule has 0 aliphatic rings. The third-order valence-corrected chi connectivity index (χ3v) is 5.45. The van der Waals surface area contributed by atoms with Crippen LogP contribution in [0.25, 0.3) is 0 Å². The van der Waals surface area contributed by atoms with Gasteiger partial charge in [0, 0.05) is 0 Å². The van der Waals surface area contributed by atoms with Crippen LogP contribution in [0.3, 0.4) is 0 Å². The first kappa shape index (κ1) is 24.2. The van der Waals surface area contributed by atoms with Crippen LogP contribution in [-0.4, -0.2) is 0 Å². The van der Waals surface area contributed by atoms with E-state index >= 15 is 0 Å². The van der Waals surface area contributed by atoms with Crippen molar-refractivity contribution in [3.8, 4) is 0 Å². The molecule has 0 aromatic heterocycles. The summed E-state index contributed by atoms with van der Waals surface area (Å²) >= 11 is 0. The summed E-state index contributed by atoms with van der Waals surface area (Å²) in [5.41, 5.74) is 3.08. The van der Waals surface area contributed by atoms with Crippen molar-refractivity contribution < 1.29 is 0 Å². The van der Waals surface area contributed by atoms with Crippen LogP contribution in [0, 0.1) is 23.7 Å². The Kier molecular flexibility index (Phi) is 13.9. The Morgan fingerprint density at radius 3 is 1.92 bits per heavy atom. The van der Waals surface area contributed by atoms with Gasteiger partial charge in [-0.25, -0.2) is 0 Å². The van der Waals surface area contributed by atoms with Crippen molar-refractivity contribution in [3.63, 3.8) is 0 Å². The standard InChI is InChI=1S/C25H46/c1-9-22(6)16-18-25(24(8)15-11-13-21(4)5)19-17-23(7)14-10-12-20(2)3/h9,12,15,21-23,25H,1,10-11,13-14,16-19H2,2-8H3/b24-15+/t22-,23+,25-/m0/s1. The number of hydrogen-bond acceptors (Lipinski definition) is 0. The lowest BCUT2D eigenvalue weighted by Gasteiger charge is -2.21. The van der Waals surface area contributed by atoms with E-state index in [4.69, 9.17) is 0 Å². The minimum atomic E-state index is 0.640. The second-order valence-corrected chi connectivity index (χ2v) is 8.95. The van der Waals surface area contributed by atoms with Gasteiger partial charge in [0.05, 0.1) is 0 Å². The Morgan fingerprint density at radius 2 is 1.36 bits per heavy atom. The molecule has 0 rings (SSSR count). The van der Waals surface area contributed by atoms with Gasteiger partial charge >= 0.3 is 0 Å². The van der Waals surface area contributed by atoms with E-state index in [1.165, 1.54) is 56.9 Å². The van der Waals surface area contributed by atoms with Gasteiger partial charge in [0.15, 0.2) is 0 Å². The summed E-state index contributed by atoms with van der Waals surface area (Å²) in [5.74, 6) is 3.04. The molecule has 0 spiro atoms. The van der Waals surface area contributed by atoms with Crippen molar-refractivity contribution in [1.29, 1.82) is 0 Å². The quantitative estimate of drug-likeness (QED) is 0.276. The zero-order valence-corrected chi connectivity index (χ0v) is 18.4. The van der Waals surface area contributed by atoms with Crippen molar-refractivity contribution in [1.82, 2.24) is 0 Å². The first-order valence-electron chi connectivity index (χ1n) is 10.7. The van der Waals surface area contributed by atoms with E-state index in [2.05, 4.69) is 73.3 Å². The van der Waals surface area contributed by atoms with Gasteiger partial charge in [0.2, 0.25) is 0 Å². The fraction of sp³-hybridized carbons (Fsp3) is 0.760. The molecule has 0 amide bonds. The monoisotopic (exact) mass is 346 g/mol. The van der Waals surface area contributed by atoms with E-state index < -0.39 is 0 Å². The minimum absolute atomic E-state index is 0.640. The van der Waals surface area contributed by atoms with Gasteiger partial charge in [-0.15, -0.1) is 6.58 Å². The van der Waals surface area contributed by atoms with Crippen LogP contribution < -0.4 is 0 Å². The number of rotatable bonds is 14. The van der Waals surface area contributed by atoms with Gasteiger partial charge in [-0.2, -0.15) is 0 Å². The fourth-order valence-corrected chi connectivity index (χ4v) is 3.28. The van der Waals surface area contributed by atoms with Crippen LogP contribution in [0.1, 0.15) is 99.8 Å². The highest BCUT2D eigenvalue weighted by Crippen LogP contribution is 2.28. The summed E-state index contributed by atoms with van der Waals surface area (Å²) in [5, 5.41) is 0. The van der Waals surface area contributed by atoms with Crippen LogP contribution in [0.4, 0.5) is 0 Å². The Hall–Kier alpha value is -0.780. The highest BCUT2D eigenvalue weighted by molar-refractivity contribution is 5.04. The lowest BCUT2D eigenvalue weighted by molar-refractivity contribution is 0.394. The average molecular weight is 347 g/mol. The summed E-state index contributed by atoms with van der Waals surface area (Å²) in [4.78, 5) is 0. The molecule has 0 aromatic carbocycles. The van der Waals surface area contributed by atoms with Crippen molar-refractivity contribution >= 4 is 0 Å². The predicted molar refractivity (Wildman–Crippen MR) is 117 cm³/mol. The topological polar surface area (TPSA) is 0 Å². The molecule has 0 nitrogen and oxygen atoms in total. The fourth-order valence-electron chi connectivity index (χ4n) is 3.28. The molecule has 0 aliphatic carbocycles. The highest BCUT2D eigenvalue weighted by atomic mass is 14.2. The molecule has 0 aromatic rings. The van der Waals surface area contributed by atoms with Gasteiger partial charge in [-0.05, 0) is 89.4 Å². The first-order chi connectivity index (χ1) is 11.8. The molecule has 0 heteroatoms. The highest BCUT2D eigenvalue weighted by Gasteiger charge is 2.14. The summed E-state index contributed by atoms with van der Waals surface area (Å²) < 4.78 is 0. The van der Waals surface area contributed by atoms with Crippen molar-refractivity contribution in [2.45, 2.75) is 99.8 Å². The first-order valence-corrected chi connectivity index (χ1v) is 10.7. The maximum Gasteiger partial charge on any atom is -0.0206 e. The molecule has 0 N–H and O–H groups in total. The van der Waals surface area contributed by atoms with E-state index in [1.807, 2.05) is 0 Å². The molecule has 0 unspecified atom stereocenters. The Labute approximate surface area is 159 Å². The van der Waals surface area contributed by atoms with E-state index in [1.54, 1.807) is 5.57 Å². The summed E-state index contributed by atoms with van der Waals surface area (Å²) in [6.45, 7) is 20.1. The van der Waals surface area contributed by atoms with Crippen LogP contribution >= 0.6 is 0 Å². The van der Waals surface area contributed by atoms with Crippen LogP contribution in [0.5, 0.6) is 0 Å². The Balaban J connectivity index is 4.55. The lowest BCUT2D eigenvalue weighted by atomic mass is 9.84. The lowest BCUT2D eigenvalue weighted by Crippen LogP contribution is -2.07. The smallest absolute Gasteiger partial charge is 0.0206 e. The Morgan fingerprint density at radius 1 is 0.760 bits per heavy atom.